The molecule has 0 aromatic heterocycles. The van der Waals surface area contributed by atoms with Gasteiger partial charge in [-0.25, -0.2) is 0 Å². The molecule has 7 heteroatoms. The molecule has 116 valence electrons. The van der Waals surface area contributed by atoms with Crippen LogP contribution in [0.1, 0.15) is 12.5 Å². The predicted octanol–water partition coefficient (Wildman–Crippen LogP) is 1.02. The van der Waals surface area contributed by atoms with Crippen LogP contribution in [-0.4, -0.2) is 20.9 Å². The fraction of sp³-hybridized carbons (Fsp3) is 0.133. The van der Waals surface area contributed by atoms with Gasteiger partial charge in [-0.2, -0.15) is 12.8 Å². The van der Waals surface area contributed by atoms with Gasteiger partial charge in [-0.3, -0.25) is 5.73 Å². The van der Waals surface area contributed by atoms with Crippen molar-refractivity contribution in [3.63, 3.8) is 0 Å². The summed E-state index contributed by atoms with van der Waals surface area (Å²) >= 11 is 3.27. The standard InChI is InChI=1S/C15H15BrN2O3S/c1-2-21-13-9-8-12(16)10-14(13)22(19,20)18-15(17)11-6-4-3-5-7-11/h3-10H,2H2,1H3,(H2,17,18)/p+1. The van der Waals surface area contributed by atoms with Crippen molar-refractivity contribution in [1.82, 2.24) is 0 Å². The van der Waals surface area contributed by atoms with Gasteiger partial charge in [0.2, 0.25) is 0 Å². The molecule has 2 aromatic rings. The van der Waals surface area contributed by atoms with E-state index in [1.807, 2.05) is 6.07 Å². The molecule has 2 aromatic carbocycles. The molecule has 0 amide bonds. The van der Waals surface area contributed by atoms with Crippen LogP contribution >= 0.6 is 15.9 Å². The summed E-state index contributed by atoms with van der Waals surface area (Å²) in [6, 6.07) is 13.6. The van der Waals surface area contributed by atoms with Crippen molar-refractivity contribution in [1.29, 1.82) is 0 Å². The fourth-order valence-corrected chi connectivity index (χ4v) is 3.55. The van der Waals surface area contributed by atoms with Gasteiger partial charge in [0, 0.05) is 4.47 Å². The summed E-state index contributed by atoms with van der Waals surface area (Å²) in [7, 11) is -3.85. The first-order valence-electron chi connectivity index (χ1n) is 6.57. The summed E-state index contributed by atoms with van der Waals surface area (Å²) in [4.78, 5) is 0.0302. The molecule has 0 heterocycles. The van der Waals surface area contributed by atoms with Crippen molar-refractivity contribution in [2.24, 2.45) is 5.73 Å². The molecular weight excluding hydrogens is 368 g/mol. The van der Waals surface area contributed by atoms with Crippen molar-refractivity contribution in [2.75, 3.05) is 6.61 Å². The summed E-state index contributed by atoms with van der Waals surface area (Å²) in [5.41, 5.74) is 6.45. The minimum Gasteiger partial charge on any atom is -0.492 e. The topological polar surface area (TPSA) is 83.4 Å². The Labute approximate surface area is 138 Å². The fourth-order valence-electron chi connectivity index (χ4n) is 1.84. The molecule has 5 nitrogen and oxygen atoms in total. The number of sulfonamides is 1. The molecule has 0 bridgehead atoms. The highest BCUT2D eigenvalue weighted by atomic mass is 79.9. The number of nitrogen functional groups attached to an aromatic ring is 1. The third-order valence-electron chi connectivity index (χ3n) is 2.82. The summed E-state index contributed by atoms with van der Waals surface area (Å²) in [5, 5.41) is 0. The second-order valence-corrected chi connectivity index (χ2v) is 6.98. The van der Waals surface area contributed by atoms with E-state index in [1.165, 1.54) is 6.07 Å². The van der Waals surface area contributed by atoms with E-state index >= 15 is 0 Å². The number of amidine groups is 1. The molecule has 0 aliphatic heterocycles. The van der Waals surface area contributed by atoms with E-state index < -0.39 is 10.0 Å². The van der Waals surface area contributed by atoms with Crippen molar-refractivity contribution in [2.45, 2.75) is 11.8 Å². The lowest BCUT2D eigenvalue weighted by Gasteiger charge is -2.08. The maximum absolute atomic E-state index is 12.6. The minimum atomic E-state index is -3.85. The van der Waals surface area contributed by atoms with E-state index in [0.29, 0.717) is 16.6 Å². The largest absolute Gasteiger partial charge is 0.492 e. The SMILES string of the molecule is CCOc1ccc(Br)cc1S(=O)(=O)[NH+]=C(N)c1ccccc1. The Bertz CT molecular complexity index is 790. The highest BCUT2D eigenvalue weighted by Crippen LogP contribution is 2.26. The molecule has 0 radical (unpaired) electrons. The highest BCUT2D eigenvalue weighted by Gasteiger charge is 2.23. The maximum Gasteiger partial charge on any atom is 0.332 e. The number of halogens is 1. The normalized spacial score (nSPS) is 12.2. The number of nitrogens with two attached hydrogens (primary N) is 1. The Balaban J connectivity index is 2.49. The molecule has 0 spiro atoms. The maximum atomic E-state index is 12.6. The average Bonchev–Trinajstić information content (AvgIpc) is 2.49. The van der Waals surface area contributed by atoms with E-state index in [2.05, 4.69) is 20.3 Å². The summed E-state index contributed by atoms with van der Waals surface area (Å²) < 4.78 is 33.5. The van der Waals surface area contributed by atoms with Crippen LogP contribution in [0.2, 0.25) is 0 Å². The first-order chi connectivity index (χ1) is 10.4. The zero-order valence-electron chi connectivity index (χ0n) is 11.9. The lowest BCUT2D eigenvalue weighted by Crippen LogP contribution is -2.78. The molecule has 0 fully saturated rings. The van der Waals surface area contributed by atoms with E-state index in [0.717, 1.165) is 0 Å². The molecule has 0 aliphatic rings. The zero-order valence-corrected chi connectivity index (χ0v) is 14.3. The third-order valence-corrected chi connectivity index (χ3v) is 4.70. The van der Waals surface area contributed by atoms with E-state index in [9.17, 15) is 8.42 Å². The van der Waals surface area contributed by atoms with Crippen LogP contribution in [0.5, 0.6) is 5.75 Å². The Morgan fingerprint density at radius 3 is 2.55 bits per heavy atom. The first-order valence-corrected chi connectivity index (χ1v) is 8.84. The van der Waals surface area contributed by atoms with Crippen LogP contribution in [0.15, 0.2) is 57.9 Å². The van der Waals surface area contributed by atoms with Crippen LogP contribution < -0.4 is 14.9 Å². The van der Waals surface area contributed by atoms with Gasteiger partial charge in [0.15, 0.2) is 4.90 Å². The Morgan fingerprint density at radius 2 is 1.91 bits per heavy atom. The number of benzene rings is 2. The molecular formula is C15H16BrN2O3S+. The molecule has 0 saturated carbocycles. The predicted molar refractivity (Wildman–Crippen MR) is 88.2 cm³/mol. The Morgan fingerprint density at radius 1 is 1.23 bits per heavy atom. The zero-order chi connectivity index (χ0) is 16.2. The molecule has 2 rings (SSSR count). The summed E-state index contributed by atoms with van der Waals surface area (Å²) in [6.07, 6.45) is 0. The van der Waals surface area contributed by atoms with Crippen molar-refractivity contribution < 1.29 is 17.6 Å². The Kier molecular flexibility index (Phi) is 5.20. The van der Waals surface area contributed by atoms with E-state index in [-0.39, 0.29) is 16.5 Å². The van der Waals surface area contributed by atoms with Gasteiger partial charge in [0.05, 0.1) is 12.2 Å². The third kappa shape index (κ3) is 3.86. The van der Waals surface area contributed by atoms with Crippen LogP contribution in [-0.2, 0) is 10.0 Å². The number of ether oxygens (including phenoxy) is 1. The highest BCUT2D eigenvalue weighted by molar-refractivity contribution is 9.10. The van der Waals surface area contributed by atoms with Crippen LogP contribution in [0.4, 0.5) is 0 Å². The molecule has 3 N–H and O–H groups in total. The van der Waals surface area contributed by atoms with Crippen molar-refractivity contribution in [3.05, 3.63) is 58.6 Å². The van der Waals surface area contributed by atoms with Gasteiger partial charge < -0.3 is 4.74 Å². The smallest absolute Gasteiger partial charge is 0.332 e. The van der Waals surface area contributed by atoms with Gasteiger partial charge in [-0.1, -0.05) is 34.1 Å². The first kappa shape index (κ1) is 16.5. The number of nitrogens with one attached hydrogen (secondary N) is 1. The van der Waals surface area contributed by atoms with Crippen LogP contribution in [0.3, 0.4) is 0 Å². The van der Waals surface area contributed by atoms with Gasteiger partial charge >= 0.3 is 10.0 Å². The quantitative estimate of drug-likeness (QED) is 0.596. The van der Waals surface area contributed by atoms with Crippen LogP contribution in [0, 0.1) is 0 Å². The van der Waals surface area contributed by atoms with E-state index in [1.54, 1.807) is 43.3 Å². The van der Waals surface area contributed by atoms with Gasteiger partial charge in [-0.15, -0.1) is 0 Å². The molecule has 0 atom stereocenters. The Hall–Kier alpha value is -1.86. The number of hydrogen-bond acceptors (Lipinski definition) is 3. The van der Waals surface area contributed by atoms with E-state index in [4.69, 9.17) is 10.5 Å². The lowest BCUT2D eigenvalue weighted by molar-refractivity contribution is -0.268. The second-order valence-electron chi connectivity index (χ2n) is 4.41. The average molecular weight is 384 g/mol. The molecule has 0 aliphatic carbocycles. The molecule has 22 heavy (non-hydrogen) atoms. The number of rotatable bonds is 5. The van der Waals surface area contributed by atoms with Gasteiger partial charge in [0.25, 0.3) is 5.84 Å². The lowest BCUT2D eigenvalue weighted by atomic mass is 10.2. The summed E-state index contributed by atoms with van der Waals surface area (Å²) in [6.45, 7) is 2.15. The van der Waals surface area contributed by atoms with Crippen LogP contribution in [0.25, 0.3) is 0 Å². The second kappa shape index (κ2) is 6.93. The summed E-state index contributed by atoms with van der Waals surface area (Å²) in [5.74, 6) is 0.335. The monoisotopic (exact) mass is 383 g/mol. The van der Waals surface area contributed by atoms with Crippen molar-refractivity contribution in [3.8, 4) is 5.75 Å². The van der Waals surface area contributed by atoms with Gasteiger partial charge in [-0.05, 0) is 37.3 Å². The molecule has 0 unspecified atom stereocenters. The van der Waals surface area contributed by atoms with Gasteiger partial charge in [0.1, 0.15) is 5.75 Å². The van der Waals surface area contributed by atoms with Crippen molar-refractivity contribution >= 4 is 31.8 Å². The number of hydrogen-bond donors (Lipinski definition) is 2. The molecule has 0 saturated heterocycles. The minimum absolute atomic E-state index is 0.0302.